The van der Waals surface area contributed by atoms with Crippen molar-refractivity contribution in [2.45, 2.75) is 36.1 Å². The molecule has 0 bridgehead atoms. The Labute approximate surface area is 181 Å². The summed E-state index contributed by atoms with van der Waals surface area (Å²) in [6, 6.07) is 10.7. The van der Waals surface area contributed by atoms with Crippen LogP contribution in [0, 0.1) is 5.92 Å². The van der Waals surface area contributed by atoms with Gasteiger partial charge in [0.25, 0.3) is 0 Å². The minimum atomic E-state index is -3.90. The van der Waals surface area contributed by atoms with Gasteiger partial charge in [-0.25, -0.2) is 22.0 Å². The first-order valence-corrected chi connectivity index (χ1v) is 12.5. The Morgan fingerprint density at radius 1 is 0.967 bits per heavy atom. The van der Waals surface area contributed by atoms with Crippen molar-refractivity contribution >= 4 is 37.6 Å². The van der Waals surface area contributed by atoms with Crippen LogP contribution in [0.15, 0.2) is 58.3 Å². The second-order valence-corrected chi connectivity index (χ2v) is 10.7. The molecule has 0 heterocycles. The van der Waals surface area contributed by atoms with Crippen LogP contribution in [-0.2, 0) is 31.3 Å². The highest BCUT2D eigenvalue weighted by Crippen LogP contribution is 2.16. The van der Waals surface area contributed by atoms with Crippen molar-refractivity contribution in [3.05, 3.63) is 59.1 Å². The Bertz CT molecular complexity index is 1080. The summed E-state index contributed by atoms with van der Waals surface area (Å²) in [5.74, 6) is -0.746. The second kappa shape index (κ2) is 9.88. The molecule has 0 saturated heterocycles. The molecular weight excluding hydrogens is 450 g/mol. The van der Waals surface area contributed by atoms with Crippen LogP contribution in [0.25, 0.3) is 0 Å². The van der Waals surface area contributed by atoms with E-state index in [2.05, 4.69) is 10.0 Å². The zero-order valence-corrected chi connectivity index (χ0v) is 18.9. The third-order valence-corrected chi connectivity index (χ3v) is 6.96. The average molecular weight is 474 g/mol. The fourth-order valence-electron chi connectivity index (χ4n) is 2.63. The highest BCUT2D eigenvalue weighted by molar-refractivity contribution is 7.89. The molecule has 164 valence electrons. The van der Waals surface area contributed by atoms with Gasteiger partial charge in [-0.2, -0.15) is 4.72 Å². The standard InChI is InChI=1S/C19H24ClN3O5S2/c1-13(2)18(23-30(27,28)17-9-5-15(20)6-10-17)19(24)22-12-11-14-3-7-16(8-4-14)29(21,25)26/h3-10,13,18,23H,11-12H2,1-2H3,(H,22,24)(H2,21,25,26). The van der Waals surface area contributed by atoms with Gasteiger partial charge >= 0.3 is 0 Å². The largest absolute Gasteiger partial charge is 0.354 e. The van der Waals surface area contributed by atoms with Gasteiger partial charge in [0.05, 0.1) is 9.79 Å². The van der Waals surface area contributed by atoms with Crippen LogP contribution in [0.1, 0.15) is 19.4 Å². The number of carbonyl (C=O) groups is 1. The monoisotopic (exact) mass is 473 g/mol. The molecule has 0 saturated carbocycles. The molecule has 0 aliphatic heterocycles. The minimum absolute atomic E-state index is 0.00626. The summed E-state index contributed by atoms with van der Waals surface area (Å²) < 4.78 is 50.1. The van der Waals surface area contributed by atoms with Crippen molar-refractivity contribution in [2.24, 2.45) is 11.1 Å². The minimum Gasteiger partial charge on any atom is -0.354 e. The molecule has 1 atom stereocenters. The molecule has 2 aromatic rings. The van der Waals surface area contributed by atoms with Crippen LogP contribution in [0.4, 0.5) is 0 Å². The molecule has 0 aromatic heterocycles. The molecule has 0 radical (unpaired) electrons. The van der Waals surface area contributed by atoms with E-state index in [1.807, 2.05) is 0 Å². The molecule has 0 aliphatic rings. The van der Waals surface area contributed by atoms with Crippen LogP contribution >= 0.6 is 11.6 Å². The van der Waals surface area contributed by atoms with Crippen molar-refractivity contribution < 1.29 is 21.6 Å². The van der Waals surface area contributed by atoms with Crippen LogP contribution in [-0.4, -0.2) is 35.3 Å². The topological polar surface area (TPSA) is 135 Å². The van der Waals surface area contributed by atoms with Gasteiger partial charge in [-0.3, -0.25) is 4.79 Å². The predicted molar refractivity (Wildman–Crippen MR) is 115 cm³/mol. The van der Waals surface area contributed by atoms with E-state index in [4.69, 9.17) is 16.7 Å². The lowest BCUT2D eigenvalue weighted by atomic mass is 10.0. The first-order valence-electron chi connectivity index (χ1n) is 9.07. The Balaban J connectivity index is 1.99. The average Bonchev–Trinajstić information content (AvgIpc) is 2.66. The SMILES string of the molecule is CC(C)C(NS(=O)(=O)c1ccc(Cl)cc1)C(=O)NCCc1ccc(S(N)(=O)=O)cc1. The number of nitrogens with two attached hydrogens (primary N) is 1. The predicted octanol–water partition coefficient (Wildman–Crippen LogP) is 1.65. The molecule has 4 N–H and O–H groups in total. The van der Waals surface area contributed by atoms with Crippen molar-refractivity contribution in [3.8, 4) is 0 Å². The van der Waals surface area contributed by atoms with Gasteiger partial charge in [0.15, 0.2) is 0 Å². The quantitative estimate of drug-likeness (QED) is 0.508. The van der Waals surface area contributed by atoms with E-state index in [1.165, 1.54) is 36.4 Å². The molecule has 11 heteroatoms. The molecule has 0 aliphatic carbocycles. The van der Waals surface area contributed by atoms with Crippen molar-refractivity contribution in [3.63, 3.8) is 0 Å². The van der Waals surface area contributed by atoms with E-state index in [1.54, 1.807) is 26.0 Å². The lowest BCUT2D eigenvalue weighted by molar-refractivity contribution is -0.123. The maximum Gasteiger partial charge on any atom is 0.241 e. The van der Waals surface area contributed by atoms with Crippen LogP contribution < -0.4 is 15.2 Å². The van der Waals surface area contributed by atoms with E-state index in [0.717, 1.165) is 5.56 Å². The number of rotatable bonds is 9. The van der Waals surface area contributed by atoms with Gasteiger partial charge in [0.2, 0.25) is 26.0 Å². The number of amides is 1. The van der Waals surface area contributed by atoms with Gasteiger partial charge in [-0.15, -0.1) is 0 Å². The number of hydrogen-bond donors (Lipinski definition) is 3. The number of benzene rings is 2. The van der Waals surface area contributed by atoms with Crippen molar-refractivity contribution in [1.29, 1.82) is 0 Å². The van der Waals surface area contributed by atoms with E-state index in [0.29, 0.717) is 11.4 Å². The van der Waals surface area contributed by atoms with Gasteiger partial charge in [-0.05, 0) is 54.3 Å². The smallest absolute Gasteiger partial charge is 0.241 e. The highest BCUT2D eigenvalue weighted by Gasteiger charge is 2.28. The summed E-state index contributed by atoms with van der Waals surface area (Å²) in [5.41, 5.74) is 0.797. The molecule has 1 unspecified atom stereocenters. The lowest BCUT2D eigenvalue weighted by Gasteiger charge is -2.21. The fraction of sp³-hybridized carbons (Fsp3) is 0.316. The first-order chi connectivity index (χ1) is 13.9. The zero-order chi connectivity index (χ0) is 22.5. The number of primary sulfonamides is 1. The third kappa shape index (κ3) is 6.78. The van der Waals surface area contributed by atoms with Gasteiger partial charge in [0, 0.05) is 11.6 Å². The molecule has 30 heavy (non-hydrogen) atoms. The van der Waals surface area contributed by atoms with Gasteiger partial charge in [-0.1, -0.05) is 37.6 Å². The molecule has 0 fully saturated rings. The number of carbonyl (C=O) groups excluding carboxylic acids is 1. The fourth-order valence-corrected chi connectivity index (χ4v) is 4.61. The maximum atomic E-state index is 12.6. The summed E-state index contributed by atoms with van der Waals surface area (Å²) in [7, 11) is -7.66. The van der Waals surface area contributed by atoms with E-state index >= 15 is 0 Å². The Morgan fingerprint density at radius 3 is 2.00 bits per heavy atom. The third-order valence-electron chi connectivity index (χ3n) is 4.32. The van der Waals surface area contributed by atoms with Crippen LogP contribution in [0.5, 0.6) is 0 Å². The van der Waals surface area contributed by atoms with Gasteiger partial charge < -0.3 is 5.32 Å². The number of sulfonamides is 2. The summed E-state index contributed by atoms with van der Waals surface area (Å²) in [5, 5.41) is 8.18. The highest BCUT2D eigenvalue weighted by atomic mass is 35.5. The number of halogens is 1. The Morgan fingerprint density at radius 2 is 1.50 bits per heavy atom. The summed E-state index contributed by atoms with van der Waals surface area (Å²) in [6.07, 6.45) is 0.436. The zero-order valence-electron chi connectivity index (χ0n) is 16.5. The summed E-state index contributed by atoms with van der Waals surface area (Å²) in [6.45, 7) is 3.72. The molecule has 2 aromatic carbocycles. The number of nitrogens with one attached hydrogen (secondary N) is 2. The van der Waals surface area contributed by atoms with Crippen LogP contribution in [0.2, 0.25) is 5.02 Å². The van der Waals surface area contributed by atoms with Gasteiger partial charge in [0.1, 0.15) is 6.04 Å². The number of hydrogen-bond acceptors (Lipinski definition) is 5. The normalized spacial score (nSPS) is 13.2. The summed E-state index contributed by atoms with van der Waals surface area (Å²) in [4.78, 5) is 12.6. The Hall–Kier alpha value is -1.98. The molecule has 0 spiro atoms. The molecule has 1 amide bonds. The van der Waals surface area contributed by atoms with E-state index in [9.17, 15) is 21.6 Å². The van der Waals surface area contributed by atoms with Crippen LogP contribution in [0.3, 0.4) is 0 Å². The molecule has 2 rings (SSSR count). The van der Waals surface area contributed by atoms with E-state index in [-0.39, 0.29) is 22.3 Å². The molecule has 8 nitrogen and oxygen atoms in total. The first kappa shape index (κ1) is 24.3. The Kier molecular flexibility index (Phi) is 8.00. The lowest BCUT2D eigenvalue weighted by Crippen LogP contribution is -2.49. The van der Waals surface area contributed by atoms with Crippen molar-refractivity contribution in [2.75, 3.05) is 6.54 Å². The maximum absolute atomic E-state index is 12.6. The van der Waals surface area contributed by atoms with E-state index < -0.39 is 32.0 Å². The van der Waals surface area contributed by atoms with Crippen molar-refractivity contribution in [1.82, 2.24) is 10.0 Å². The second-order valence-electron chi connectivity index (χ2n) is 7.03. The summed E-state index contributed by atoms with van der Waals surface area (Å²) >= 11 is 5.79. The molecular formula is C19H24ClN3O5S2.